The van der Waals surface area contributed by atoms with E-state index in [4.69, 9.17) is 9.97 Å². The number of fused-ring (bicyclic) bond motifs is 4. The number of carbonyl (C=O) groups excluding carboxylic acids is 1. The van der Waals surface area contributed by atoms with Gasteiger partial charge in [0.25, 0.3) is 5.69 Å². The molecule has 0 aliphatic carbocycles. The molecular formula is C23H17N5O4. The molecule has 1 amide bonds. The van der Waals surface area contributed by atoms with Crippen molar-refractivity contribution >= 4 is 50.4 Å². The van der Waals surface area contributed by atoms with Gasteiger partial charge >= 0.3 is 0 Å². The number of amides is 1. The molecule has 0 radical (unpaired) electrons. The molecule has 9 heteroatoms. The standard InChI is InChI=1S/C23H17N5O4/c29-20-10-9-14(28(31)32)13-18(20)24-21(30)11-12-27-19-8-4-1-5-15(19)22-23(27)26-17-7-3-2-6-16(17)25-22/h1-10,13,29H,11-12H2,(H,24,30). The second-order valence-corrected chi connectivity index (χ2v) is 7.31. The fourth-order valence-electron chi connectivity index (χ4n) is 3.77. The van der Waals surface area contributed by atoms with Crippen molar-refractivity contribution in [2.24, 2.45) is 0 Å². The van der Waals surface area contributed by atoms with Gasteiger partial charge in [0.1, 0.15) is 11.3 Å². The number of benzene rings is 3. The topological polar surface area (TPSA) is 123 Å². The Morgan fingerprint density at radius 2 is 1.75 bits per heavy atom. The average molecular weight is 427 g/mol. The molecule has 0 saturated carbocycles. The van der Waals surface area contributed by atoms with Crippen LogP contribution in [0.25, 0.3) is 33.1 Å². The van der Waals surface area contributed by atoms with Crippen molar-refractivity contribution in [2.75, 3.05) is 5.32 Å². The first-order chi connectivity index (χ1) is 15.5. The summed E-state index contributed by atoms with van der Waals surface area (Å²) in [6.45, 7) is 0.318. The van der Waals surface area contributed by atoms with Crippen molar-refractivity contribution in [3.8, 4) is 5.75 Å². The van der Waals surface area contributed by atoms with Gasteiger partial charge in [0, 0.05) is 30.5 Å². The first-order valence-corrected chi connectivity index (χ1v) is 9.92. The number of aromatic hydroxyl groups is 1. The van der Waals surface area contributed by atoms with Crippen molar-refractivity contribution in [2.45, 2.75) is 13.0 Å². The number of non-ortho nitro benzene ring substituents is 1. The molecule has 0 spiro atoms. The Kier molecular flexibility index (Phi) is 4.63. The van der Waals surface area contributed by atoms with Crippen LogP contribution in [0.4, 0.5) is 11.4 Å². The molecule has 2 N–H and O–H groups in total. The zero-order chi connectivity index (χ0) is 22.2. The molecule has 0 bridgehead atoms. The molecule has 2 heterocycles. The first-order valence-electron chi connectivity index (χ1n) is 9.92. The summed E-state index contributed by atoms with van der Waals surface area (Å²) in [5, 5.41) is 24.4. The van der Waals surface area contributed by atoms with Crippen molar-refractivity contribution in [1.82, 2.24) is 14.5 Å². The summed E-state index contributed by atoms with van der Waals surface area (Å²) in [6, 6.07) is 18.9. The molecule has 158 valence electrons. The monoisotopic (exact) mass is 427 g/mol. The summed E-state index contributed by atoms with van der Waals surface area (Å²) in [7, 11) is 0. The van der Waals surface area contributed by atoms with Gasteiger partial charge in [-0.15, -0.1) is 0 Å². The predicted molar refractivity (Wildman–Crippen MR) is 121 cm³/mol. The molecule has 0 atom stereocenters. The highest BCUT2D eigenvalue weighted by Gasteiger charge is 2.16. The van der Waals surface area contributed by atoms with Gasteiger partial charge in [-0.05, 0) is 24.3 Å². The number of nitro groups is 1. The molecule has 9 nitrogen and oxygen atoms in total. The summed E-state index contributed by atoms with van der Waals surface area (Å²) < 4.78 is 1.94. The fraction of sp³-hybridized carbons (Fsp3) is 0.0870. The second kappa shape index (κ2) is 7.62. The Hall–Kier alpha value is -4.53. The number of rotatable bonds is 5. The maximum absolute atomic E-state index is 12.6. The van der Waals surface area contributed by atoms with E-state index in [-0.39, 0.29) is 29.5 Å². The average Bonchev–Trinajstić information content (AvgIpc) is 3.10. The van der Waals surface area contributed by atoms with Gasteiger partial charge < -0.3 is 15.0 Å². The molecule has 0 aliphatic rings. The first kappa shape index (κ1) is 19.4. The molecule has 5 rings (SSSR count). The highest BCUT2D eigenvalue weighted by Crippen LogP contribution is 2.30. The number of nitrogens with zero attached hydrogens (tertiary/aromatic N) is 4. The van der Waals surface area contributed by atoms with Gasteiger partial charge in [0.2, 0.25) is 5.91 Å². The Labute approximate surface area is 181 Å². The number of nitro benzene ring substituents is 1. The Morgan fingerprint density at radius 1 is 1.03 bits per heavy atom. The minimum Gasteiger partial charge on any atom is -0.506 e. The summed E-state index contributed by atoms with van der Waals surface area (Å²) in [5.74, 6) is -0.626. The van der Waals surface area contributed by atoms with Crippen molar-refractivity contribution < 1.29 is 14.8 Å². The van der Waals surface area contributed by atoms with E-state index in [1.54, 1.807) is 0 Å². The molecule has 0 fully saturated rings. The van der Waals surface area contributed by atoms with Gasteiger partial charge in [-0.25, -0.2) is 9.97 Å². The smallest absolute Gasteiger partial charge is 0.271 e. The molecule has 5 aromatic rings. The lowest BCUT2D eigenvalue weighted by atomic mass is 10.2. The largest absolute Gasteiger partial charge is 0.506 e. The second-order valence-electron chi connectivity index (χ2n) is 7.31. The maximum atomic E-state index is 12.6. The van der Waals surface area contributed by atoms with E-state index in [1.807, 2.05) is 53.1 Å². The number of hydrogen-bond acceptors (Lipinski definition) is 6. The van der Waals surface area contributed by atoms with Crippen LogP contribution in [0.3, 0.4) is 0 Å². The van der Waals surface area contributed by atoms with Crippen LogP contribution in [0.1, 0.15) is 6.42 Å². The van der Waals surface area contributed by atoms with Crippen LogP contribution in [0.15, 0.2) is 66.7 Å². The lowest BCUT2D eigenvalue weighted by molar-refractivity contribution is -0.384. The van der Waals surface area contributed by atoms with Crippen molar-refractivity contribution in [3.05, 3.63) is 76.8 Å². The van der Waals surface area contributed by atoms with Gasteiger partial charge in [0.15, 0.2) is 5.65 Å². The number of aromatic nitrogens is 3. The third kappa shape index (κ3) is 3.35. The highest BCUT2D eigenvalue weighted by molar-refractivity contribution is 6.06. The van der Waals surface area contributed by atoms with E-state index in [0.29, 0.717) is 12.2 Å². The van der Waals surface area contributed by atoms with Gasteiger partial charge in [-0.3, -0.25) is 14.9 Å². The van der Waals surface area contributed by atoms with Crippen LogP contribution in [-0.2, 0) is 11.3 Å². The van der Waals surface area contributed by atoms with Crippen molar-refractivity contribution in [1.29, 1.82) is 0 Å². The van der Waals surface area contributed by atoms with E-state index in [0.717, 1.165) is 33.5 Å². The maximum Gasteiger partial charge on any atom is 0.271 e. The van der Waals surface area contributed by atoms with Crippen LogP contribution in [0, 0.1) is 10.1 Å². The lowest BCUT2D eigenvalue weighted by Crippen LogP contribution is -2.15. The van der Waals surface area contributed by atoms with E-state index in [9.17, 15) is 20.0 Å². The summed E-state index contributed by atoms with van der Waals surface area (Å²) in [4.78, 5) is 32.5. The highest BCUT2D eigenvalue weighted by atomic mass is 16.6. The number of hydrogen-bond donors (Lipinski definition) is 2. The van der Waals surface area contributed by atoms with Crippen LogP contribution in [0.5, 0.6) is 5.75 Å². The summed E-state index contributed by atoms with van der Waals surface area (Å²) >= 11 is 0. The SMILES string of the molecule is O=C(CCn1c2ccccc2c2nc3ccccc3nc21)Nc1cc([N+](=O)[O-])ccc1O. The number of aryl methyl sites for hydroxylation is 1. The number of para-hydroxylation sites is 3. The third-order valence-corrected chi connectivity index (χ3v) is 5.29. The van der Waals surface area contributed by atoms with Gasteiger partial charge in [-0.1, -0.05) is 30.3 Å². The number of anilines is 1. The van der Waals surface area contributed by atoms with Gasteiger partial charge in [-0.2, -0.15) is 0 Å². The van der Waals surface area contributed by atoms with Gasteiger partial charge in [0.05, 0.1) is 27.2 Å². The molecule has 0 aliphatic heterocycles. The summed E-state index contributed by atoms with van der Waals surface area (Å²) in [5.41, 5.74) is 3.67. The van der Waals surface area contributed by atoms with E-state index in [2.05, 4.69) is 5.32 Å². The van der Waals surface area contributed by atoms with Crippen LogP contribution >= 0.6 is 0 Å². The molecule has 32 heavy (non-hydrogen) atoms. The molecule has 3 aromatic carbocycles. The van der Waals surface area contributed by atoms with Crippen molar-refractivity contribution in [3.63, 3.8) is 0 Å². The van der Waals surface area contributed by atoms with E-state index >= 15 is 0 Å². The van der Waals surface area contributed by atoms with Crippen LogP contribution in [-0.4, -0.2) is 30.5 Å². The number of carbonyl (C=O) groups is 1. The third-order valence-electron chi connectivity index (χ3n) is 5.29. The summed E-state index contributed by atoms with van der Waals surface area (Å²) in [6.07, 6.45) is 0.0738. The Bertz CT molecular complexity index is 1530. The lowest BCUT2D eigenvalue weighted by Gasteiger charge is -2.09. The number of nitrogens with one attached hydrogen (secondary N) is 1. The minimum absolute atomic E-state index is 0.00259. The van der Waals surface area contributed by atoms with Crippen LogP contribution < -0.4 is 5.32 Å². The molecule has 2 aromatic heterocycles. The minimum atomic E-state index is -0.587. The predicted octanol–water partition coefficient (Wildman–Crippen LogP) is 4.38. The zero-order valence-electron chi connectivity index (χ0n) is 16.7. The Morgan fingerprint density at radius 3 is 2.53 bits per heavy atom. The normalized spacial score (nSPS) is 11.2. The van der Waals surface area contributed by atoms with E-state index < -0.39 is 4.92 Å². The molecular weight excluding hydrogens is 410 g/mol. The quantitative estimate of drug-likeness (QED) is 0.244. The zero-order valence-corrected chi connectivity index (χ0v) is 16.7. The van der Waals surface area contributed by atoms with E-state index in [1.165, 1.54) is 12.1 Å². The molecule has 0 unspecified atom stereocenters. The fourth-order valence-corrected chi connectivity index (χ4v) is 3.77. The molecule has 0 saturated heterocycles. The number of phenols is 1. The Balaban J connectivity index is 1.47. The van der Waals surface area contributed by atoms with Crippen LogP contribution in [0.2, 0.25) is 0 Å². The number of phenolic OH excluding ortho intramolecular Hbond substituents is 1.